The fourth-order valence-electron chi connectivity index (χ4n) is 1.40. The lowest BCUT2D eigenvalue weighted by atomic mass is 9.80. The van der Waals surface area contributed by atoms with E-state index in [0.717, 1.165) is 5.01 Å². The standard InChI is InChI=1S/C8H12N2S/c9-7(6-2-1-3-6)8-10-4-5-11-8/h4-7H,1-3,9H2. The van der Waals surface area contributed by atoms with Crippen molar-refractivity contribution in [2.24, 2.45) is 11.7 Å². The second-order valence-corrected chi connectivity index (χ2v) is 4.01. The molecule has 0 aliphatic heterocycles. The van der Waals surface area contributed by atoms with Crippen LogP contribution in [0.5, 0.6) is 0 Å². The molecule has 1 fully saturated rings. The molecule has 2 nitrogen and oxygen atoms in total. The first-order chi connectivity index (χ1) is 5.38. The molecule has 1 aromatic rings. The predicted molar refractivity (Wildman–Crippen MR) is 46.4 cm³/mol. The van der Waals surface area contributed by atoms with Crippen molar-refractivity contribution in [1.82, 2.24) is 4.98 Å². The average molecular weight is 168 g/mol. The van der Waals surface area contributed by atoms with Crippen LogP contribution in [0, 0.1) is 5.92 Å². The second-order valence-electron chi connectivity index (χ2n) is 3.09. The van der Waals surface area contributed by atoms with Gasteiger partial charge in [0.15, 0.2) is 0 Å². The van der Waals surface area contributed by atoms with Crippen LogP contribution >= 0.6 is 11.3 Å². The summed E-state index contributed by atoms with van der Waals surface area (Å²) in [5.41, 5.74) is 5.99. The molecule has 1 atom stereocenters. The zero-order chi connectivity index (χ0) is 7.68. The summed E-state index contributed by atoms with van der Waals surface area (Å²) < 4.78 is 0. The lowest BCUT2D eigenvalue weighted by molar-refractivity contribution is 0.264. The molecule has 0 amide bonds. The lowest BCUT2D eigenvalue weighted by Crippen LogP contribution is -2.26. The number of nitrogens with two attached hydrogens (primary N) is 1. The Morgan fingerprint density at radius 2 is 2.45 bits per heavy atom. The van der Waals surface area contributed by atoms with Gasteiger partial charge in [0, 0.05) is 11.6 Å². The van der Waals surface area contributed by atoms with Gasteiger partial charge in [-0.3, -0.25) is 0 Å². The zero-order valence-corrected chi connectivity index (χ0v) is 7.18. The topological polar surface area (TPSA) is 38.9 Å². The molecule has 1 aliphatic carbocycles. The van der Waals surface area contributed by atoms with E-state index in [4.69, 9.17) is 5.73 Å². The molecule has 1 heterocycles. The quantitative estimate of drug-likeness (QED) is 0.733. The number of aromatic nitrogens is 1. The molecular weight excluding hydrogens is 156 g/mol. The monoisotopic (exact) mass is 168 g/mol. The van der Waals surface area contributed by atoms with Crippen molar-refractivity contribution in [3.63, 3.8) is 0 Å². The summed E-state index contributed by atoms with van der Waals surface area (Å²) in [5.74, 6) is 0.709. The molecule has 0 radical (unpaired) electrons. The van der Waals surface area contributed by atoms with Crippen LogP contribution in [0.1, 0.15) is 30.3 Å². The highest BCUT2D eigenvalue weighted by Crippen LogP contribution is 2.36. The van der Waals surface area contributed by atoms with Gasteiger partial charge in [-0.05, 0) is 18.8 Å². The minimum Gasteiger partial charge on any atom is -0.322 e. The highest BCUT2D eigenvalue weighted by Gasteiger charge is 2.26. The van der Waals surface area contributed by atoms with Gasteiger partial charge in [0.05, 0.1) is 6.04 Å². The smallest absolute Gasteiger partial charge is 0.110 e. The second kappa shape index (κ2) is 2.91. The fraction of sp³-hybridized carbons (Fsp3) is 0.625. The summed E-state index contributed by atoms with van der Waals surface area (Å²) in [6.07, 6.45) is 5.77. The van der Waals surface area contributed by atoms with Crippen LogP contribution in [0.2, 0.25) is 0 Å². The van der Waals surface area contributed by atoms with Crippen molar-refractivity contribution in [2.75, 3.05) is 0 Å². The summed E-state index contributed by atoms with van der Waals surface area (Å²) in [6, 6.07) is 0.212. The number of nitrogens with zero attached hydrogens (tertiary/aromatic N) is 1. The van der Waals surface area contributed by atoms with Crippen LogP contribution in [0.25, 0.3) is 0 Å². The van der Waals surface area contributed by atoms with Crippen LogP contribution in [0.4, 0.5) is 0 Å². The number of hydrogen-bond donors (Lipinski definition) is 1. The highest BCUT2D eigenvalue weighted by molar-refractivity contribution is 7.09. The van der Waals surface area contributed by atoms with E-state index in [0.29, 0.717) is 5.92 Å². The third-order valence-corrected chi connectivity index (χ3v) is 3.27. The number of rotatable bonds is 2. The van der Waals surface area contributed by atoms with Gasteiger partial charge in [-0.15, -0.1) is 11.3 Å². The van der Waals surface area contributed by atoms with E-state index in [1.54, 1.807) is 11.3 Å². The predicted octanol–water partition coefficient (Wildman–Crippen LogP) is 1.94. The Bertz CT molecular complexity index is 216. The van der Waals surface area contributed by atoms with E-state index in [-0.39, 0.29) is 6.04 Å². The van der Waals surface area contributed by atoms with Gasteiger partial charge in [0.2, 0.25) is 0 Å². The normalized spacial score (nSPS) is 21.2. The Hall–Kier alpha value is -0.410. The van der Waals surface area contributed by atoms with Gasteiger partial charge in [0.25, 0.3) is 0 Å². The number of thiazole rings is 1. The van der Waals surface area contributed by atoms with Crippen molar-refractivity contribution in [1.29, 1.82) is 0 Å². The molecule has 11 heavy (non-hydrogen) atoms. The summed E-state index contributed by atoms with van der Waals surface area (Å²) in [7, 11) is 0. The van der Waals surface area contributed by atoms with Crippen molar-refractivity contribution in [3.8, 4) is 0 Å². The maximum atomic E-state index is 5.99. The van der Waals surface area contributed by atoms with Gasteiger partial charge >= 0.3 is 0 Å². The van der Waals surface area contributed by atoms with E-state index in [1.165, 1.54) is 19.3 Å². The molecule has 0 aromatic carbocycles. The Labute approximate surface area is 70.5 Å². The molecule has 1 saturated carbocycles. The highest BCUT2D eigenvalue weighted by atomic mass is 32.1. The number of hydrogen-bond acceptors (Lipinski definition) is 3. The van der Waals surface area contributed by atoms with Crippen LogP contribution < -0.4 is 5.73 Å². The molecule has 2 rings (SSSR count). The maximum Gasteiger partial charge on any atom is 0.110 e. The third-order valence-electron chi connectivity index (χ3n) is 2.39. The third kappa shape index (κ3) is 1.30. The molecular formula is C8H12N2S. The molecule has 1 unspecified atom stereocenters. The largest absolute Gasteiger partial charge is 0.322 e. The average Bonchev–Trinajstić information content (AvgIpc) is 2.32. The Kier molecular flexibility index (Phi) is 1.92. The fourth-order valence-corrected chi connectivity index (χ4v) is 2.13. The SMILES string of the molecule is NC(c1nccs1)C1CCC1. The van der Waals surface area contributed by atoms with Crippen LogP contribution in [0.15, 0.2) is 11.6 Å². The van der Waals surface area contributed by atoms with Crippen molar-refractivity contribution >= 4 is 11.3 Å². The first-order valence-electron chi connectivity index (χ1n) is 4.03. The van der Waals surface area contributed by atoms with Gasteiger partial charge < -0.3 is 5.73 Å². The van der Waals surface area contributed by atoms with Gasteiger partial charge in [0.1, 0.15) is 5.01 Å². The summed E-state index contributed by atoms with van der Waals surface area (Å²) in [4.78, 5) is 4.21. The van der Waals surface area contributed by atoms with Gasteiger partial charge in [-0.1, -0.05) is 6.42 Å². The van der Waals surface area contributed by atoms with E-state index in [2.05, 4.69) is 4.98 Å². The molecule has 1 aromatic heterocycles. The van der Waals surface area contributed by atoms with E-state index >= 15 is 0 Å². The minimum atomic E-state index is 0.212. The first kappa shape index (κ1) is 7.25. The first-order valence-corrected chi connectivity index (χ1v) is 4.91. The summed E-state index contributed by atoms with van der Waals surface area (Å²) >= 11 is 1.67. The van der Waals surface area contributed by atoms with Crippen molar-refractivity contribution < 1.29 is 0 Å². The summed E-state index contributed by atoms with van der Waals surface area (Å²) in [5, 5.41) is 3.10. The van der Waals surface area contributed by atoms with Gasteiger partial charge in [-0.2, -0.15) is 0 Å². The maximum absolute atomic E-state index is 5.99. The molecule has 1 aliphatic rings. The zero-order valence-electron chi connectivity index (χ0n) is 6.36. The Morgan fingerprint density at radius 1 is 1.64 bits per heavy atom. The molecule has 60 valence electrons. The van der Waals surface area contributed by atoms with Crippen LogP contribution in [0.3, 0.4) is 0 Å². The van der Waals surface area contributed by atoms with E-state index < -0.39 is 0 Å². The van der Waals surface area contributed by atoms with Crippen molar-refractivity contribution in [2.45, 2.75) is 25.3 Å². The Balaban J connectivity index is 2.04. The minimum absolute atomic E-state index is 0.212. The Morgan fingerprint density at radius 3 is 2.91 bits per heavy atom. The van der Waals surface area contributed by atoms with Crippen molar-refractivity contribution in [3.05, 3.63) is 16.6 Å². The van der Waals surface area contributed by atoms with Gasteiger partial charge in [-0.25, -0.2) is 4.98 Å². The molecule has 2 N–H and O–H groups in total. The van der Waals surface area contributed by atoms with E-state index in [9.17, 15) is 0 Å². The van der Waals surface area contributed by atoms with Crippen LogP contribution in [-0.4, -0.2) is 4.98 Å². The molecule has 0 saturated heterocycles. The lowest BCUT2D eigenvalue weighted by Gasteiger charge is -2.29. The molecule has 3 heteroatoms. The summed E-state index contributed by atoms with van der Waals surface area (Å²) in [6.45, 7) is 0. The van der Waals surface area contributed by atoms with E-state index in [1.807, 2.05) is 11.6 Å². The molecule has 0 spiro atoms. The molecule has 0 bridgehead atoms. The van der Waals surface area contributed by atoms with Crippen LogP contribution in [-0.2, 0) is 0 Å².